The van der Waals surface area contributed by atoms with Crippen LogP contribution in [0.4, 0.5) is 22.0 Å². The van der Waals surface area contributed by atoms with Gasteiger partial charge in [0.1, 0.15) is 10.8 Å². The van der Waals surface area contributed by atoms with Crippen molar-refractivity contribution in [1.82, 2.24) is 14.9 Å². The number of halogens is 1. The summed E-state index contributed by atoms with van der Waals surface area (Å²) in [5, 5.41) is 13.6. The number of amides is 2. The Labute approximate surface area is 148 Å². The second kappa shape index (κ2) is 7.31. The van der Waals surface area contributed by atoms with Crippen molar-refractivity contribution in [1.29, 1.82) is 0 Å². The van der Waals surface area contributed by atoms with Crippen molar-refractivity contribution in [3.8, 4) is 0 Å². The lowest BCUT2D eigenvalue weighted by atomic mass is 10.2. The van der Waals surface area contributed by atoms with Crippen LogP contribution >= 0.6 is 11.6 Å². The first kappa shape index (κ1) is 16.9. The predicted octanol–water partition coefficient (Wildman–Crippen LogP) is 2.39. The number of nitro benzene ring substituents is 1. The molecular formula is C15H15ClN6O3. The summed E-state index contributed by atoms with van der Waals surface area (Å²) in [5.41, 5.74) is 0.0874. The van der Waals surface area contributed by atoms with E-state index >= 15 is 0 Å². The molecule has 1 aliphatic rings. The molecule has 25 heavy (non-hydrogen) atoms. The van der Waals surface area contributed by atoms with E-state index in [4.69, 9.17) is 11.6 Å². The molecule has 0 unspecified atom stereocenters. The van der Waals surface area contributed by atoms with Gasteiger partial charge in [-0.3, -0.25) is 15.1 Å². The van der Waals surface area contributed by atoms with Crippen LogP contribution in [0.15, 0.2) is 36.8 Å². The molecule has 1 fully saturated rings. The van der Waals surface area contributed by atoms with Gasteiger partial charge in [0, 0.05) is 50.3 Å². The molecule has 3 rings (SSSR count). The summed E-state index contributed by atoms with van der Waals surface area (Å²) in [6.45, 7) is 2.29. The molecule has 0 aliphatic carbocycles. The molecule has 10 heteroatoms. The number of hydrogen-bond donors (Lipinski definition) is 1. The van der Waals surface area contributed by atoms with Crippen molar-refractivity contribution < 1.29 is 9.72 Å². The number of nitro groups is 1. The minimum atomic E-state index is -0.586. The smallest absolute Gasteiger partial charge is 0.321 e. The zero-order chi connectivity index (χ0) is 17.8. The Balaban J connectivity index is 1.60. The van der Waals surface area contributed by atoms with Crippen LogP contribution in [0.5, 0.6) is 0 Å². The summed E-state index contributed by atoms with van der Waals surface area (Å²) in [5.74, 6) is 0.774. The Bertz CT molecular complexity index is 780. The van der Waals surface area contributed by atoms with Crippen molar-refractivity contribution in [2.45, 2.75) is 0 Å². The van der Waals surface area contributed by atoms with E-state index in [0.29, 0.717) is 31.9 Å². The summed E-state index contributed by atoms with van der Waals surface area (Å²) < 4.78 is 0. The number of hydrogen-bond acceptors (Lipinski definition) is 6. The van der Waals surface area contributed by atoms with Gasteiger partial charge in [0.05, 0.1) is 11.1 Å². The van der Waals surface area contributed by atoms with Gasteiger partial charge in [-0.2, -0.15) is 0 Å². The molecule has 1 aromatic carbocycles. The number of urea groups is 1. The maximum atomic E-state index is 12.3. The highest BCUT2D eigenvalue weighted by Gasteiger charge is 2.22. The fraction of sp³-hybridized carbons (Fsp3) is 0.267. The summed E-state index contributed by atoms with van der Waals surface area (Å²) in [7, 11) is 0. The lowest BCUT2D eigenvalue weighted by Gasteiger charge is -2.35. The van der Waals surface area contributed by atoms with Gasteiger partial charge in [0.25, 0.3) is 5.69 Å². The van der Waals surface area contributed by atoms with Crippen LogP contribution in [0.2, 0.25) is 5.02 Å². The van der Waals surface area contributed by atoms with E-state index in [1.807, 2.05) is 4.90 Å². The van der Waals surface area contributed by atoms with Crippen LogP contribution in [0.25, 0.3) is 0 Å². The van der Waals surface area contributed by atoms with Crippen LogP contribution in [0.3, 0.4) is 0 Å². The molecule has 1 aliphatic heterocycles. The number of aromatic nitrogens is 2. The van der Waals surface area contributed by atoms with Crippen LogP contribution in [0, 0.1) is 10.1 Å². The fourth-order valence-electron chi connectivity index (χ4n) is 2.53. The van der Waals surface area contributed by atoms with Gasteiger partial charge in [-0.15, -0.1) is 0 Å². The van der Waals surface area contributed by atoms with E-state index in [0.717, 1.165) is 5.82 Å². The second-order valence-corrected chi connectivity index (χ2v) is 5.80. The third kappa shape index (κ3) is 3.94. The molecule has 0 spiro atoms. The van der Waals surface area contributed by atoms with Crippen molar-refractivity contribution in [3.05, 3.63) is 51.9 Å². The largest absolute Gasteiger partial charge is 0.352 e. The van der Waals surface area contributed by atoms with Crippen molar-refractivity contribution in [3.63, 3.8) is 0 Å². The molecule has 1 aromatic heterocycles. The quantitative estimate of drug-likeness (QED) is 0.664. The van der Waals surface area contributed by atoms with Gasteiger partial charge in [-0.05, 0) is 12.1 Å². The Hall–Kier alpha value is -2.94. The first-order valence-electron chi connectivity index (χ1n) is 7.55. The maximum absolute atomic E-state index is 12.3. The Morgan fingerprint density at radius 3 is 2.64 bits per heavy atom. The molecule has 0 bridgehead atoms. The molecule has 2 amide bonds. The SMILES string of the molecule is O=C(Nc1ccc(Cl)c([N+](=O)[O-])c1)N1CCN(c2cnccn2)CC1. The van der Waals surface area contributed by atoms with Crippen molar-refractivity contribution >= 4 is 34.8 Å². The number of benzene rings is 1. The van der Waals surface area contributed by atoms with Crippen molar-refractivity contribution in [2.24, 2.45) is 0 Å². The van der Waals surface area contributed by atoms with Crippen LogP contribution in [-0.2, 0) is 0 Å². The van der Waals surface area contributed by atoms with Crippen molar-refractivity contribution in [2.75, 3.05) is 36.4 Å². The Morgan fingerprint density at radius 1 is 1.24 bits per heavy atom. The van der Waals surface area contributed by atoms with Crippen LogP contribution in [-0.4, -0.2) is 52.0 Å². The number of nitrogens with zero attached hydrogens (tertiary/aromatic N) is 5. The monoisotopic (exact) mass is 362 g/mol. The van der Waals surface area contributed by atoms with Crippen LogP contribution in [0.1, 0.15) is 0 Å². The van der Waals surface area contributed by atoms with E-state index in [1.54, 1.807) is 23.5 Å². The average Bonchev–Trinajstić information content (AvgIpc) is 2.64. The van der Waals surface area contributed by atoms with E-state index in [1.165, 1.54) is 18.2 Å². The molecule has 2 aromatic rings. The van der Waals surface area contributed by atoms with E-state index in [-0.39, 0.29) is 16.7 Å². The van der Waals surface area contributed by atoms with E-state index in [2.05, 4.69) is 15.3 Å². The Kier molecular flexibility index (Phi) is 4.94. The number of piperazine rings is 1. The summed E-state index contributed by atoms with van der Waals surface area (Å²) >= 11 is 5.77. The van der Waals surface area contributed by atoms with E-state index < -0.39 is 4.92 Å². The number of carbonyl (C=O) groups is 1. The lowest BCUT2D eigenvalue weighted by molar-refractivity contribution is -0.384. The van der Waals surface area contributed by atoms with Gasteiger partial charge in [0.2, 0.25) is 0 Å². The minimum Gasteiger partial charge on any atom is -0.352 e. The minimum absolute atomic E-state index is 0.0283. The molecule has 1 saturated heterocycles. The number of nitrogens with one attached hydrogen (secondary N) is 1. The second-order valence-electron chi connectivity index (χ2n) is 5.39. The van der Waals surface area contributed by atoms with Gasteiger partial charge in [0.15, 0.2) is 0 Å². The average molecular weight is 363 g/mol. The fourth-order valence-corrected chi connectivity index (χ4v) is 2.71. The third-order valence-electron chi connectivity index (χ3n) is 3.83. The highest BCUT2D eigenvalue weighted by Crippen LogP contribution is 2.27. The zero-order valence-corrected chi connectivity index (χ0v) is 13.9. The molecule has 130 valence electrons. The molecule has 9 nitrogen and oxygen atoms in total. The molecule has 0 atom stereocenters. The molecular weight excluding hydrogens is 348 g/mol. The summed E-state index contributed by atoms with van der Waals surface area (Å²) in [6.07, 6.45) is 4.92. The van der Waals surface area contributed by atoms with Gasteiger partial charge >= 0.3 is 6.03 Å². The molecule has 2 heterocycles. The zero-order valence-electron chi connectivity index (χ0n) is 13.1. The highest BCUT2D eigenvalue weighted by atomic mass is 35.5. The Morgan fingerprint density at radius 2 is 2.00 bits per heavy atom. The van der Waals surface area contributed by atoms with Crippen LogP contribution < -0.4 is 10.2 Å². The predicted molar refractivity (Wildman–Crippen MR) is 92.9 cm³/mol. The molecule has 0 saturated carbocycles. The number of rotatable bonds is 3. The third-order valence-corrected chi connectivity index (χ3v) is 4.15. The van der Waals surface area contributed by atoms with Gasteiger partial charge in [-0.25, -0.2) is 9.78 Å². The first-order chi connectivity index (χ1) is 12.0. The standard InChI is InChI=1S/C15H15ClN6O3/c16-12-2-1-11(9-13(12)22(24)25)19-15(23)21-7-5-20(6-8-21)14-10-17-3-4-18-14/h1-4,9-10H,5-8H2,(H,19,23). The first-order valence-corrected chi connectivity index (χ1v) is 7.93. The maximum Gasteiger partial charge on any atom is 0.321 e. The highest BCUT2D eigenvalue weighted by molar-refractivity contribution is 6.32. The summed E-state index contributed by atoms with van der Waals surface area (Å²) in [6, 6.07) is 3.86. The topological polar surface area (TPSA) is 104 Å². The summed E-state index contributed by atoms with van der Waals surface area (Å²) in [4.78, 5) is 34.6. The number of anilines is 2. The lowest BCUT2D eigenvalue weighted by Crippen LogP contribution is -2.50. The van der Waals surface area contributed by atoms with E-state index in [9.17, 15) is 14.9 Å². The normalized spacial score (nSPS) is 14.3. The molecule has 1 N–H and O–H groups in total. The number of carbonyl (C=O) groups excluding carboxylic acids is 1. The van der Waals surface area contributed by atoms with Gasteiger partial charge in [-0.1, -0.05) is 11.6 Å². The van der Waals surface area contributed by atoms with Gasteiger partial charge < -0.3 is 15.1 Å². The molecule has 0 radical (unpaired) electrons.